The first-order valence-electron chi connectivity index (χ1n) is 11.4. The lowest BCUT2D eigenvalue weighted by Crippen LogP contribution is -2.29. The number of aromatic nitrogens is 1. The van der Waals surface area contributed by atoms with Crippen LogP contribution in [0.2, 0.25) is 0 Å². The van der Waals surface area contributed by atoms with Crippen molar-refractivity contribution in [1.29, 1.82) is 0 Å². The van der Waals surface area contributed by atoms with Crippen molar-refractivity contribution in [3.05, 3.63) is 17.1 Å². The van der Waals surface area contributed by atoms with E-state index in [9.17, 15) is 0 Å². The summed E-state index contributed by atoms with van der Waals surface area (Å²) in [5.74, 6) is 0. The smallest absolute Gasteiger partial charge is 0.224 e. The van der Waals surface area contributed by atoms with Gasteiger partial charge in [0.25, 0.3) is 0 Å². The Balaban J connectivity index is 1.65. The van der Waals surface area contributed by atoms with Gasteiger partial charge < -0.3 is 4.74 Å². The number of aryl methyl sites for hydroxylation is 1. The molecule has 0 atom stereocenters. The Morgan fingerprint density at radius 2 is 1.15 bits per heavy atom. The molecule has 0 amide bonds. The lowest BCUT2D eigenvalue weighted by atomic mass is 10.0. The van der Waals surface area contributed by atoms with Gasteiger partial charge in [0.2, 0.25) is 5.51 Å². The number of nitrogens with zero attached hydrogens (tertiary/aromatic N) is 1. The van der Waals surface area contributed by atoms with E-state index in [4.69, 9.17) is 4.74 Å². The van der Waals surface area contributed by atoms with Gasteiger partial charge >= 0.3 is 0 Å². The van der Waals surface area contributed by atoms with Crippen LogP contribution in [-0.4, -0.2) is 13.2 Å². The molecule has 0 spiro atoms. The Kier molecular flexibility index (Phi) is 17.6. The zero-order chi connectivity index (χ0) is 18.5. The number of unbranched alkanes of at least 4 members (excludes halogenated alkanes) is 14. The summed E-state index contributed by atoms with van der Waals surface area (Å²) in [7, 11) is 0. The maximum atomic E-state index is 5.75. The molecule has 0 aromatic carbocycles. The zero-order valence-electron chi connectivity index (χ0n) is 17.4. The molecule has 0 aliphatic rings. The molecule has 1 aromatic heterocycles. The second-order valence-electron chi connectivity index (χ2n) is 7.68. The maximum Gasteiger partial charge on any atom is 0.224 e. The van der Waals surface area contributed by atoms with E-state index in [0.29, 0.717) is 0 Å². The normalized spacial score (nSPS) is 11.3. The largest absolute Gasteiger partial charge is 0.381 e. The fraction of sp³-hybridized carbons (Fsp3) is 0.870. The summed E-state index contributed by atoms with van der Waals surface area (Å²) in [4.78, 5) is 0. The SMILES string of the molecule is CCCCCCCCCCCCCCCCOCCCC[n+]1ccsc1. The monoisotopic (exact) mass is 382 g/mol. The molecule has 0 radical (unpaired) electrons. The first kappa shape index (κ1) is 23.6. The first-order valence-corrected chi connectivity index (χ1v) is 12.4. The Hall–Kier alpha value is -0.410. The summed E-state index contributed by atoms with van der Waals surface area (Å²) in [5, 5.41) is 2.13. The summed E-state index contributed by atoms with van der Waals surface area (Å²) < 4.78 is 8.02. The highest BCUT2D eigenvalue weighted by molar-refractivity contribution is 7.07. The quantitative estimate of drug-likeness (QED) is 0.170. The lowest BCUT2D eigenvalue weighted by Gasteiger charge is -2.04. The second kappa shape index (κ2) is 19.4. The van der Waals surface area contributed by atoms with E-state index in [1.54, 1.807) is 11.3 Å². The molecule has 1 aromatic rings. The average Bonchev–Trinajstić information content (AvgIpc) is 3.17. The number of hydrogen-bond donors (Lipinski definition) is 0. The van der Waals surface area contributed by atoms with Crippen molar-refractivity contribution in [3.63, 3.8) is 0 Å². The van der Waals surface area contributed by atoms with Gasteiger partial charge in [0.05, 0.1) is 5.38 Å². The molecule has 1 heterocycles. The van der Waals surface area contributed by atoms with Crippen molar-refractivity contribution in [3.8, 4) is 0 Å². The maximum absolute atomic E-state index is 5.75. The Bertz CT molecular complexity index is 366. The number of ether oxygens (including phenoxy) is 1. The van der Waals surface area contributed by atoms with E-state index in [0.717, 1.165) is 19.8 Å². The van der Waals surface area contributed by atoms with Gasteiger partial charge in [-0.1, -0.05) is 102 Å². The predicted octanol–water partition coefficient (Wildman–Crippen LogP) is 7.31. The van der Waals surface area contributed by atoms with Crippen LogP contribution in [0.25, 0.3) is 0 Å². The predicted molar refractivity (Wildman–Crippen MR) is 115 cm³/mol. The van der Waals surface area contributed by atoms with E-state index in [2.05, 4.69) is 28.6 Å². The molecule has 26 heavy (non-hydrogen) atoms. The van der Waals surface area contributed by atoms with Gasteiger partial charge in [-0.2, -0.15) is 4.57 Å². The molecular weight excluding hydrogens is 338 g/mol. The number of rotatable bonds is 20. The topological polar surface area (TPSA) is 13.1 Å². The van der Waals surface area contributed by atoms with Crippen LogP contribution in [0.5, 0.6) is 0 Å². The molecule has 0 aliphatic carbocycles. The highest BCUT2D eigenvalue weighted by Gasteiger charge is 1.99. The molecule has 0 unspecified atom stereocenters. The van der Waals surface area contributed by atoms with Gasteiger partial charge in [0, 0.05) is 19.6 Å². The van der Waals surface area contributed by atoms with Crippen LogP contribution in [0.4, 0.5) is 0 Å². The number of hydrogen-bond acceptors (Lipinski definition) is 2. The molecule has 0 saturated carbocycles. The van der Waals surface area contributed by atoms with E-state index in [1.807, 2.05) is 0 Å². The van der Waals surface area contributed by atoms with Gasteiger partial charge in [-0.3, -0.25) is 0 Å². The Morgan fingerprint density at radius 1 is 0.654 bits per heavy atom. The van der Waals surface area contributed by atoms with Crippen LogP contribution < -0.4 is 4.57 Å². The van der Waals surface area contributed by atoms with Crippen molar-refractivity contribution >= 4 is 11.3 Å². The minimum absolute atomic E-state index is 0.934. The van der Waals surface area contributed by atoms with Crippen molar-refractivity contribution in [2.75, 3.05) is 13.2 Å². The molecule has 0 aliphatic heterocycles. The van der Waals surface area contributed by atoms with Gasteiger partial charge in [0.1, 0.15) is 6.54 Å². The Morgan fingerprint density at radius 3 is 1.65 bits per heavy atom. The van der Waals surface area contributed by atoms with Crippen molar-refractivity contribution in [1.82, 2.24) is 0 Å². The molecule has 0 fully saturated rings. The summed E-state index contributed by atoms with van der Waals surface area (Å²) in [5.41, 5.74) is 2.18. The molecule has 152 valence electrons. The minimum Gasteiger partial charge on any atom is -0.381 e. The van der Waals surface area contributed by atoms with Crippen LogP contribution in [0.3, 0.4) is 0 Å². The molecule has 0 saturated heterocycles. The van der Waals surface area contributed by atoms with E-state index >= 15 is 0 Å². The summed E-state index contributed by atoms with van der Waals surface area (Å²) in [6.45, 7) is 5.32. The second-order valence-corrected chi connectivity index (χ2v) is 8.44. The third kappa shape index (κ3) is 15.8. The minimum atomic E-state index is 0.934. The lowest BCUT2D eigenvalue weighted by molar-refractivity contribution is -0.692. The van der Waals surface area contributed by atoms with Gasteiger partial charge in [-0.05, 0) is 12.8 Å². The van der Waals surface area contributed by atoms with Gasteiger partial charge in [-0.15, -0.1) is 0 Å². The van der Waals surface area contributed by atoms with Crippen molar-refractivity contribution in [2.45, 2.75) is 116 Å². The van der Waals surface area contributed by atoms with Crippen LogP contribution in [0, 0.1) is 0 Å². The molecule has 3 heteroatoms. The third-order valence-corrected chi connectivity index (χ3v) is 5.80. The molecule has 0 bridgehead atoms. The number of thiazole rings is 1. The van der Waals surface area contributed by atoms with E-state index in [-0.39, 0.29) is 0 Å². The third-order valence-electron chi connectivity index (χ3n) is 5.12. The van der Waals surface area contributed by atoms with E-state index in [1.165, 1.54) is 103 Å². The summed E-state index contributed by atoms with van der Waals surface area (Å²) in [6, 6.07) is 0. The summed E-state index contributed by atoms with van der Waals surface area (Å²) >= 11 is 1.76. The van der Waals surface area contributed by atoms with Crippen molar-refractivity contribution in [2.24, 2.45) is 0 Å². The van der Waals surface area contributed by atoms with E-state index < -0.39 is 0 Å². The highest BCUT2D eigenvalue weighted by Crippen LogP contribution is 2.12. The summed E-state index contributed by atoms with van der Waals surface area (Å²) in [6.07, 6.45) is 24.4. The first-order chi connectivity index (χ1) is 12.9. The standard InChI is InChI=1S/C23H44NOS/c1-2-3-4-5-6-7-8-9-10-11-12-13-14-16-20-25-21-17-15-18-24-19-22-26-23-24/h19,22-23H,2-18,20-21H2,1H3/q+1. The zero-order valence-corrected chi connectivity index (χ0v) is 18.2. The van der Waals surface area contributed by atoms with Crippen LogP contribution in [-0.2, 0) is 11.3 Å². The molecule has 0 N–H and O–H groups in total. The van der Waals surface area contributed by atoms with Gasteiger partial charge in [-0.25, -0.2) is 0 Å². The van der Waals surface area contributed by atoms with Crippen LogP contribution in [0.1, 0.15) is 110 Å². The van der Waals surface area contributed by atoms with Crippen LogP contribution >= 0.6 is 11.3 Å². The Labute approximate surface area is 167 Å². The van der Waals surface area contributed by atoms with Gasteiger partial charge in [0.15, 0.2) is 6.20 Å². The molecule has 1 rings (SSSR count). The molecular formula is C23H44NOS+. The fourth-order valence-electron chi connectivity index (χ4n) is 3.39. The molecule has 2 nitrogen and oxygen atoms in total. The highest BCUT2D eigenvalue weighted by atomic mass is 32.1. The fourth-order valence-corrected chi connectivity index (χ4v) is 4.02. The van der Waals surface area contributed by atoms with Crippen LogP contribution in [0.15, 0.2) is 17.1 Å². The average molecular weight is 383 g/mol. The van der Waals surface area contributed by atoms with Crippen molar-refractivity contribution < 1.29 is 9.30 Å².